The van der Waals surface area contributed by atoms with Crippen molar-refractivity contribution >= 4 is 10.0 Å². The highest BCUT2D eigenvalue weighted by molar-refractivity contribution is 7.88. The van der Waals surface area contributed by atoms with Crippen molar-refractivity contribution in [3.05, 3.63) is 65.2 Å². The van der Waals surface area contributed by atoms with Gasteiger partial charge in [-0.2, -0.15) is 4.31 Å². The van der Waals surface area contributed by atoms with Crippen LogP contribution in [0.3, 0.4) is 0 Å². The molecule has 6 heteroatoms. The standard InChI is InChI=1S/C20H26N2O3S/c1-17-6-8-18(9-7-17)16-26(23,24)22-12-10-21(11-13-22)15-19-4-3-5-20(14-19)25-2/h3-9,14H,10-13,15-16H2,1-2H3. The monoisotopic (exact) mass is 374 g/mol. The summed E-state index contributed by atoms with van der Waals surface area (Å²) >= 11 is 0. The predicted molar refractivity (Wildman–Crippen MR) is 104 cm³/mol. The predicted octanol–water partition coefficient (Wildman–Crippen LogP) is 2.65. The molecule has 1 heterocycles. The molecule has 26 heavy (non-hydrogen) atoms. The molecule has 0 bridgehead atoms. The third-order valence-electron chi connectivity index (χ3n) is 4.73. The highest BCUT2D eigenvalue weighted by Gasteiger charge is 2.27. The molecule has 5 nitrogen and oxygen atoms in total. The number of benzene rings is 2. The lowest BCUT2D eigenvalue weighted by atomic mass is 10.2. The summed E-state index contributed by atoms with van der Waals surface area (Å²) in [6, 6.07) is 15.7. The van der Waals surface area contributed by atoms with E-state index in [9.17, 15) is 8.42 Å². The Morgan fingerprint density at radius 3 is 2.31 bits per heavy atom. The fourth-order valence-electron chi connectivity index (χ4n) is 3.18. The fourth-order valence-corrected chi connectivity index (χ4v) is 4.70. The average Bonchev–Trinajstić information content (AvgIpc) is 2.64. The van der Waals surface area contributed by atoms with E-state index in [1.165, 1.54) is 5.56 Å². The first-order valence-corrected chi connectivity index (χ1v) is 10.5. The molecule has 1 aliphatic heterocycles. The number of methoxy groups -OCH3 is 1. The van der Waals surface area contributed by atoms with Gasteiger partial charge in [-0.15, -0.1) is 0 Å². The summed E-state index contributed by atoms with van der Waals surface area (Å²) in [5.41, 5.74) is 3.16. The molecule has 0 radical (unpaired) electrons. The van der Waals surface area contributed by atoms with Crippen molar-refractivity contribution in [1.82, 2.24) is 9.21 Å². The average molecular weight is 375 g/mol. The highest BCUT2D eigenvalue weighted by Crippen LogP contribution is 2.18. The molecule has 0 aliphatic carbocycles. The topological polar surface area (TPSA) is 49.9 Å². The van der Waals surface area contributed by atoms with Crippen molar-refractivity contribution in [3.8, 4) is 5.75 Å². The SMILES string of the molecule is COc1cccc(CN2CCN(S(=O)(=O)Cc3ccc(C)cc3)CC2)c1. The van der Waals surface area contributed by atoms with Gasteiger partial charge in [-0.05, 0) is 30.2 Å². The van der Waals surface area contributed by atoms with Crippen LogP contribution < -0.4 is 4.74 Å². The Labute approximate surface area is 156 Å². The summed E-state index contributed by atoms with van der Waals surface area (Å²) in [6.45, 7) is 5.37. The lowest BCUT2D eigenvalue weighted by Gasteiger charge is -2.34. The zero-order valence-electron chi connectivity index (χ0n) is 15.4. The Kier molecular flexibility index (Phi) is 5.96. The zero-order chi connectivity index (χ0) is 18.6. The molecule has 3 rings (SSSR count). The Balaban J connectivity index is 1.56. The normalized spacial score (nSPS) is 16.5. The van der Waals surface area contributed by atoms with E-state index in [-0.39, 0.29) is 5.75 Å². The van der Waals surface area contributed by atoms with Crippen molar-refractivity contribution in [2.24, 2.45) is 0 Å². The van der Waals surface area contributed by atoms with Crippen molar-refractivity contribution < 1.29 is 13.2 Å². The fraction of sp³-hybridized carbons (Fsp3) is 0.400. The van der Waals surface area contributed by atoms with Crippen LogP contribution >= 0.6 is 0 Å². The van der Waals surface area contributed by atoms with Gasteiger partial charge in [-0.1, -0.05) is 42.0 Å². The molecular weight excluding hydrogens is 348 g/mol. The van der Waals surface area contributed by atoms with Crippen LogP contribution in [0.4, 0.5) is 0 Å². The number of rotatable bonds is 6. The molecule has 0 spiro atoms. The van der Waals surface area contributed by atoms with Gasteiger partial charge in [0.05, 0.1) is 12.9 Å². The van der Waals surface area contributed by atoms with E-state index in [4.69, 9.17) is 4.74 Å². The minimum atomic E-state index is -3.27. The molecule has 0 aromatic heterocycles. The Morgan fingerprint density at radius 2 is 1.65 bits per heavy atom. The Morgan fingerprint density at radius 1 is 0.962 bits per heavy atom. The van der Waals surface area contributed by atoms with E-state index in [0.717, 1.165) is 36.5 Å². The van der Waals surface area contributed by atoms with Crippen LogP contribution in [0.1, 0.15) is 16.7 Å². The minimum Gasteiger partial charge on any atom is -0.497 e. The lowest BCUT2D eigenvalue weighted by Crippen LogP contribution is -2.48. The number of hydrogen-bond donors (Lipinski definition) is 0. The summed E-state index contributed by atoms with van der Waals surface area (Å²) in [6.07, 6.45) is 0. The quantitative estimate of drug-likeness (QED) is 0.780. The van der Waals surface area contributed by atoms with Crippen molar-refractivity contribution in [1.29, 1.82) is 0 Å². The summed E-state index contributed by atoms with van der Waals surface area (Å²) in [5, 5.41) is 0. The second-order valence-corrected chi connectivity index (χ2v) is 8.74. The second-order valence-electron chi connectivity index (χ2n) is 6.77. The molecule has 1 saturated heterocycles. The van der Waals surface area contributed by atoms with E-state index in [1.807, 2.05) is 49.4 Å². The van der Waals surface area contributed by atoms with Gasteiger partial charge in [0.25, 0.3) is 0 Å². The summed E-state index contributed by atoms with van der Waals surface area (Å²) in [4.78, 5) is 2.28. The van der Waals surface area contributed by atoms with Crippen molar-refractivity contribution in [3.63, 3.8) is 0 Å². The van der Waals surface area contributed by atoms with Gasteiger partial charge < -0.3 is 4.74 Å². The number of aryl methyl sites for hydroxylation is 1. The minimum absolute atomic E-state index is 0.0726. The van der Waals surface area contributed by atoms with E-state index in [2.05, 4.69) is 11.0 Å². The molecule has 0 atom stereocenters. The van der Waals surface area contributed by atoms with Crippen LogP contribution in [-0.4, -0.2) is 50.9 Å². The van der Waals surface area contributed by atoms with Crippen molar-refractivity contribution in [2.45, 2.75) is 19.2 Å². The van der Waals surface area contributed by atoms with Crippen molar-refractivity contribution in [2.75, 3.05) is 33.3 Å². The molecule has 140 valence electrons. The van der Waals surface area contributed by atoms with E-state index < -0.39 is 10.0 Å². The molecule has 1 aliphatic rings. The maximum Gasteiger partial charge on any atom is 0.218 e. The zero-order valence-corrected chi connectivity index (χ0v) is 16.2. The highest BCUT2D eigenvalue weighted by atomic mass is 32.2. The van der Waals surface area contributed by atoms with Gasteiger partial charge in [0.1, 0.15) is 5.75 Å². The first-order valence-electron chi connectivity index (χ1n) is 8.85. The summed E-state index contributed by atoms with van der Waals surface area (Å²) < 4.78 is 32.2. The van der Waals surface area contributed by atoms with Gasteiger partial charge in [0.2, 0.25) is 10.0 Å². The maximum atomic E-state index is 12.7. The van der Waals surface area contributed by atoms with Gasteiger partial charge in [-0.3, -0.25) is 4.90 Å². The molecule has 0 amide bonds. The first-order chi connectivity index (χ1) is 12.5. The van der Waals surface area contributed by atoms with Crippen LogP contribution in [0.5, 0.6) is 5.75 Å². The van der Waals surface area contributed by atoms with E-state index in [1.54, 1.807) is 11.4 Å². The number of piperazine rings is 1. The summed E-state index contributed by atoms with van der Waals surface area (Å²) in [5.74, 6) is 0.921. The third-order valence-corrected chi connectivity index (χ3v) is 6.58. The Hall–Kier alpha value is -1.89. The lowest BCUT2D eigenvalue weighted by molar-refractivity contribution is 0.181. The van der Waals surface area contributed by atoms with E-state index >= 15 is 0 Å². The molecular formula is C20H26N2O3S. The van der Waals surface area contributed by atoms with Gasteiger partial charge in [0, 0.05) is 32.7 Å². The second kappa shape index (κ2) is 8.20. The number of ether oxygens (including phenoxy) is 1. The van der Waals surface area contributed by atoms with Gasteiger partial charge in [-0.25, -0.2) is 8.42 Å². The number of hydrogen-bond acceptors (Lipinski definition) is 4. The van der Waals surface area contributed by atoms with Gasteiger partial charge >= 0.3 is 0 Å². The smallest absolute Gasteiger partial charge is 0.218 e. The largest absolute Gasteiger partial charge is 0.497 e. The molecule has 2 aromatic rings. The van der Waals surface area contributed by atoms with Crippen LogP contribution in [0.25, 0.3) is 0 Å². The van der Waals surface area contributed by atoms with Crippen LogP contribution in [0.15, 0.2) is 48.5 Å². The molecule has 0 saturated carbocycles. The number of nitrogens with zero attached hydrogens (tertiary/aromatic N) is 2. The molecule has 0 unspecified atom stereocenters. The van der Waals surface area contributed by atoms with Crippen LogP contribution in [0, 0.1) is 6.92 Å². The van der Waals surface area contributed by atoms with Gasteiger partial charge in [0.15, 0.2) is 0 Å². The summed E-state index contributed by atoms with van der Waals surface area (Å²) in [7, 11) is -1.61. The molecule has 1 fully saturated rings. The Bertz CT molecular complexity index is 826. The molecule has 0 N–H and O–H groups in total. The third kappa shape index (κ3) is 4.84. The first kappa shape index (κ1) is 18.9. The number of sulfonamides is 1. The van der Waals surface area contributed by atoms with Crippen LogP contribution in [0.2, 0.25) is 0 Å². The maximum absolute atomic E-state index is 12.7. The molecule has 2 aromatic carbocycles. The van der Waals surface area contributed by atoms with Crippen LogP contribution in [-0.2, 0) is 22.3 Å². The van der Waals surface area contributed by atoms with E-state index in [0.29, 0.717) is 13.1 Å².